The predicted octanol–water partition coefficient (Wildman–Crippen LogP) is 3.01. The van der Waals surface area contributed by atoms with Gasteiger partial charge < -0.3 is 9.88 Å². The van der Waals surface area contributed by atoms with Crippen LogP contribution in [0.25, 0.3) is 0 Å². The number of benzene rings is 1. The standard InChI is InChI=1S/C20H25N3O2/c1-3-4-5-6-15-7-9-16(10-8-15)20(25)23-12-11-18-17(13-23)19(24)22-14(2)21-18/h7-10H,3-6,11-13H2,1-2H3,(H,21,22,24). The molecule has 1 aliphatic rings. The lowest BCUT2D eigenvalue weighted by molar-refractivity contribution is 0.0732. The fraction of sp³-hybridized carbons (Fsp3) is 0.450. The maximum atomic E-state index is 12.8. The van der Waals surface area contributed by atoms with Gasteiger partial charge >= 0.3 is 0 Å². The van der Waals surface area contributed by atoms with Crippen LogP contribution in [0.3, 0.4) is 0 Å². The fourth-order valence-corrected chi connectivity index (χ4v) is 3.30. The number of amides is 1. The highest BCUT2D eigenvalue weighted by molar-refractivity contribution is 5.94. The number of nitrogens with one attached hydrogen (secondary N) is 1. The number of H-pyrrole nitrogens is 1. The Balaban J connectivity index is 1.70. The first-order valence-electron chi connectivity index (χ1n) is 9.05. The number of hydrogen-bond donors (Lipinski definition) is 1. The van der Waals surface area contributed by atoms with E-state index < -0.39 is 0 Å². The summed E-state index contributed by atoms with van der Waals surface area (Å²) in [5.74, 6) is 0.605. The predicted molar refractivity (Wildman–Crippen MR) is 97.7 cm³/mol. The highest BCUT2D eigenvalue weighted by Gasteiger charge is 2.24. The minimum Gasteiger partial charge on any atom is -0.334 e. The van der Waals surface area contributed by atoms with E-state index in [0.29, 0.717) is 36.5 Å². The topological polar surface area (TPSA) is 66.1 Å². The number of carbonyl (C=O) groups is 1. The SMILES string of the molecule is CCCCCc1ccc(C(=O)N2CCc3nc(C)[nH]c(=O)c3C2)cc1. The summed E-state index contributed by atoms with van der Waals surface area (Å²) in [5, 5.41) is 0. The zero-order valence-electron chi connectivity index (χ0n) is 15.0. The summed E-state index contributed by atoms with van der Waals surface area (Å²) in [7, 11) is 0. The van der Waals surface area contributed by atoms with Crippen LogP contribution < -0.4 is 5.56 Å². The Bertz CT molecular complexity index is 809. The first-order valence-corrected chi connectivity index (χ1v) is 9.05. The number of carbonyl (C=O) groups excluding carboxylic acids is 1. The lowest BCUT2D eigenvalue weighted by Crippen LogP contribution is -2.39. The van der Waals surface area contributed by atoms with Gasteiger partial charge in [-0.15, -0.1) is 0 Å². The second kappa shape index (κ2) is 7.64. The van der Waals surface area contributed by atoms with Crippen LogP contribution in [0, 0.1) is 6.92 Å². The molecule has 0 unspecified atom stereocenters. The third-order valence-electron chi connectivity index (χ3n) is 4.74. The molecule has 3 rings (SSSR count). The summed E-state index contributed by atoms with van der Waals surface area (Å²) >= 11 is 0. The lowest BCUT2D eigenvalue weighted by Gasteiger charge is -2.27. The number of unbranched alkanes of at least 4 members (excludes halogenated alkanes) is 2. The molecule has 25 heavy (non-hydrogen) atoms. The van der Waals surface area contributed by atoms with Crippen LogP contribution in [0.15, 0.2) is 29.1 Å². The molecule has 2 aromatic rings. The highest BCUT2D eigenvalue weighted by Crippen LogP contribution is 2.17. The average Bonchev–Trinajstić information content (AvgIpc) is 2.61. The molecule has 132 valence electrons. The Labute approximate surface area is 148 Å². The van der Waals surface area contributed by atoms with Gasteiger partial charge in [0.15, 0.2) is 0 Å². The number of fused-ring (bicyclic) bond motifs is 1. The molecular weight excluding hydrogens is 314 g/mol. The fourth-order valence-electron chi connectivity index (χ4n) is 3.30. The van der Waals surface area contributed by atoms with Gasteiger partial charge in [-0.05, 0) is 37.5 Å². The largest absolute Gasteiger partial charge is 0.334 e. The summed E-state index contributed by atoms with van der Waals surface area (Å²) in [5.41, 5.74) is 3.24. The minimum absolute atomic E-state index is 0.0225. The van der Waals surface area contributed by atoms with E-state index in [9.17, 15) is 9.59 Å². The lowest BCUT2D eigenvalue weighted by atomic mass is 10.0. The van der Waals surface area contributed by atoms with E-state index in [0.717, 1.165) is 12.1 Å². The molecule has 0 radical (unpaired) electrons. The van der Waals surface area contributed by atoms with E-state index >= 15 is 0 Å². The van der Waals surface area contributed by atoms with Gasteiger partial charge in [0.2, 0.25) is 0 Å². The third kappa shape index (κ3) is 3.98. The Hall–Kier alpha value is -2.43. The van der Waals surface area contributed by atoms with Crippen molar-refractivity contribution in [2.24, 2.45) is 0 Å². The molecule has 0 atom stereocenters. The van der Waals surface area contributed by atoms with Gasteiger partial charge in [0, 0.05) is 18.5 Å². The molecule has 5 nitrogen and oxygen atoms in total. The van der Waals surface area contributed by atoms with Crippen molar-refractivity contribution in [3.63, 3.8) is 0 Å². The van der Waals surface area contributed by atoms with E-state index in [1.54, 1.807) is 11.8 Å². The van der Waals surface area contributed by atoms with Gasteiger partial charge in [-0.3, -0.25) is 9.59 Å². The van der Waals surface area contributed by atoms with Crippen molar-refractivity contribution in [2.75, 3.05) is 6.54 Å². The van der Waals surface area contributed by atoms with Gasteiger partial charge in [0.05, 0.1) is 17.8 Å². The zero-order chi connectivity index (χ0) is 17.8. The first-order chi connectivity index (χ1) is 12.1. The van der Waals surface area contributed by atoms with Crippen LogP contribution in [-0.4, -0.2) is 27.3 Å². The van der Waals surface area contributed by atoms with Crippen molar-refractivity contribution < 1.29 is 4.79 Å². The minimum atomic E-state index is -0.133. The molecule has 1 N–H and O–H groups in total. The molecule has 1 amide bonds. The van der Waals surface area contributed by atoms with Crippen LogP contribution in [0.5, 0.6) is 0 Å². The summed E-state index contributed by atoms with van der Waals surface area (Å²) < 4.78 is 0. The number of aromatic nitrogens is 2. The van der Waals surface area contributed by atoms with Gasteiger partial charge in [0.1, 0.15) is 5.82 Å². The summed E-state index contributed by atoms with van der Waals surface area (Å²) in [4.78, 5) is 33.7. The van der Waals surface area contributed by atoms with E-state index in [1.807, 2.05) is 24.3 Å². The van der Waals surface area contributed by atoms with Crippen molar-refractivity contribution in [3.8, 4) is 0 Å². The van der Waals surface area contributed by atoms with Crippen molar-refractivity contribution in [1.29, 1.82) is 0 Å². The number of aromatic amines is 1. The average molecular weight is 339 g/mol. The van der Waals surface area contributed by atoms with Crippen LogP contribution in [0.2, 0.25) is 0 Å². The molecule has 0 bridgehead atoms. The molecule has 0 fully saturated rings. The van der Waals surface area contributed by atoms with Crippen molar-refractivity contribution in [2.45, 2.75) is 52.5 Å². The number of aryl methyl sites for hydroxylation is 2. The third-order valence-corrected chi connectivity index (χ3v) is 4.74. The molecular formula is C20H25N3O2. The second-order valence-electron chi connectivity index (χ2n) is 6.71. The number of hydrogen-bond acceptors (Lipinski definition) is 3. The maximum absolute atomic E-state index is 12.8. The van der Waals surface area contributed by atoms with Crippen molar-refractivity contribution >= 4 is 5.91 Å². The first kappa shape index (κ1) is 17.4. The Kier molecular flexibility index (Phi) is 5.31. The van der Waals surface area contributed by atoms with Crippen LogP contribution in [0.1, 0.15) is 59.2 Å². The molecule has 2 heterocycles. The molecule has 0 spiro atoms. The van der Waals surface area contributed by atoms with Crippen LogP contribution in [0.4, 0.5) is 0 Å². The van der Waals surface area contributed by atoms with E-state index in [1.165, 1.54) is 24.8 Å². The smallest absolute Gasteiger partial charge is 0.256 e. The molecule has 1 aliphatic heterocycles. The summed E-state index contributed by atoms with van der Waals surface area (Å²) in [6, 6.07) is 7.88. The van der Waals surface area contributed by atoms with E-state index in [2.05, 4.69) is 16.9 Å². The normalized spacial score (nSPS) is 13.6. The molecule has 0 saturated carbocycles. The molecule has 0 saturated heterocycles. The number of nitrogens with zero attached hydrogens (tertiary/aromatic N) is 2. The second-order valence-corrected chi connectivity index (χ2v) is 6.71. The quantitative estimate of drug-likeness (QED) is 0.852. The Morgan fingerprint density at radius 3 is 2.72 bits per heavy atom. The zero-order valence-corrected chi connectivity index (χ0v) is 15.0. The van der Waals surface area contributed by atoms with E-state index in [4.69, 9.17) is 0 Å². The number of rotatable bonds is 5. The molecule has 1 aromatic carbocycles. The Morgan fingerprint density at radius 1 is 1.24 bits per heavy atom. The van der Waals surface area contributed by atoms with Gasteiger partial charge in [0.25, 0.3) is 11.5 Å². The molecule has 1 aromatic heterocycles. The van der Waals surface area contributed by atoms with Gasteiger partial charge in [-0.1, -0.05) is 31.9 Å². The van der Waals surface area contributed by atoms with Gasteiger partial charge in [-0.25, -0.2) is 4.98 Å². The van der Waals surface area contributed by atoms with Crippen molar-refractivity contribution in [3.05, 3.63) is 62.8 Å². The van der Waals surface area contributed by atoms with Crippen LogP contribution in [-0.2, 0) is 19.4 Å². The summed E-state index contributed by atoms with van der Waals surface area (Å²) in [6.45, 7) is 4.90. The Morgan fingerprint density at radius 2 is 2.00 bits per heavy atom. The monoisotopic (exact) mass is 339 g/mol. The van der Waals surface area contributed by atoms with Crippen LogP contribution >= 0.6 is 0 Å². The maximum Gasteiger partial charge on any atom is 0.256 e. The summed E-state index contributed by atoms with van der Waals surface area (Å²) in [6.07, 6.45) is 5.30. The van der Waals surface area contributed by atoms with E-state index in [-0.39, 0.29) is 11.5 Å². The highest BCUT2D eigenvalue weighted by atomic mass is 16.2. The van der Waals surface area contributed by atoms with Crippen molar-refractivity contribution in [1.82, 2.24) is 14.9 Å². The molecule has 5 heteroatoms. The van der Waals surface area contributed by atoms with Gasteiger partial charge in [-0.2, -0.15) is 0 Å². The molecule has 0 aliphatic carbocycles.